The fourth-order valence-electron chi connectivity index (χ4n) is 2.23. The summed E-state index contributed by atoms with van der Waals surface area (Å²) >= 11 is 12.3. The Morgan fingerprint density at radius 1 is 0.913 bits per heavy atom. The van der Waals surface area contributed by atoms with Crippen LogP contribution in [0.3, 0.4) is 0 Å². The van der Waals surface area contributed by atoms with Gasteiger partial charge in [0.05, 0.1) is 5.02 Å². The van der Waals surface area contributed by atoms with Crippen molar-refractivity contribution in [1.82, 2.24) is 10.2 Å². The van der Waals surface area contributed by atoms with E-state index in [0.717, 1.165) is 16.7 Å². The third kappa shape index (κ3) is 3.33. The van der Waals surface area contributed by atoms with E-state index in [4.69, 9.17) is 23.2 Å². The molecule has 0 radical (unpaired) electrons. The number of rotatable bonds is 4. The number of hydrogen-bond acceptors (Lipinski definition) is 4. The van der Waals surface area contributed by atoms with Gasteiger partial charge in [-0.1, -0.05) is 53.5 Å². The number of benzene rings is 2. The zero-order chi connectivity index (χ0) is 16.2. The average molecular weight is 343 g/mol. The van der Waals surface area contributed by atoms with E-state index < -0.39 is 0 Å². The monoisotopic (exact) mass is 342 g/mol. The SMILES string of the molecule is C=NNc1cc(-c2ccc(Cl)cc2)c(-c2ccccc2Cl)nn1. The van der Waals surface area contributed by atoms with E-state index in [1.165, 1.54) is 0 Å². The van der Waals surface area contributed by atoms with Crippen molar-refractivity contribution in [2.24, 2.45) is 5.10 Å². The van der Waals surface area contributed by atoms with Crippen molar-refractivity contribution < 1.29 is 0 Å². The fraction of sp³-hybridized carbons (Fsp3) is 0. The Kier molecular flexibility index (Phi) is 4.55. The van der Waals surface area contributed by atoms with Gasteiger partial charge >= 0.3 is 0 Å². The maximum absolute atomic E-state index is 6.31. The molecule has 0 atom stereocenters. The van der Waals surface area contributed by atoms with Crippen LogP contribution in [0.1, 0.15) is 0 Å². The van der Waals surface area contributed by atoms with E-state index in [0.29, 0.717) is 21.6 Å². The summed E-state index contributed by atoms with van der Waals surface area (Å²) < 4.78 is 0. The molecule has 1 aromatic heterocycles. The van der Waals surface area contributed by atoms with Gasteiger partial charge in [-0.15, -0.1) is 10.2 Å². The molecule has 0 saturated heterocycles. The topological polar surface area (TPSA) is 50.2 Å². The summed E-state index contributed by atoms with van der Waals surface area (Å²) in [6.45, 7) is 3.40. The Balaban J connectivity index is 2.21. The highest BCUT2D eigenvalue weighted by molar-refractivity contribution is 6.33. The Bertz CT molecular complexity index is 847. The van der Waals surface area contributed by atoms with Crippen molar-refractivity contribution in [1.29, 1.82) is 0 Å². The molecule has 0 unspecified atom stereocenters. The number of aromatic nitrogens is 2. The summed E-state index contributed by atoms with van der Waals surface area (Å²) in [5, 5.41) is 13.3. The predicted octanol–water partition coefficient (Wildman–Crippen LogP) is 5.14. The molecule has 6 heteroatoms. The zero-order valence-electron chi connectivity index (χ0n) is 12.0. The van der Waals surface area contributed by atoms with Gasteiger partial charge in [0.15, 0.2) is 5.82 Å². The van der Waals surface area contributed by atoms with Crippen LogP contribution in [0.5, 0.6) is 0 Å². The molecule has 0 spiro atoms. The third-order valence-corrected chi connectivity index (χ3v) is 3.85. The Hall–Kier alpha value is -2.43. The van der Waals surface area contributed by atoms with E-state index in [2.05, 4.69) is 27.4 Å². The Labute approximate surface area is 143 Å². The highest BCUT2D eigenvalue weighted by atomic mass is 35.5. The van der Waals surface area contributed by atoms with Crippen LogP contribution < -0.4 is 5.43 Å². The molecule has 0 bridgehead atoms. The summed E-state index contributed by atoms with van der Waals surface area (Å²) in [5.74, 6) is 0.501. The van der Waals surface area contributed by atoms with Crippen molar-refractivity contribution in [3.8, 4) is 22.4 Å². The first-order valence-corrected chi connectivity index (χ1v) is 7.55. The minimum Gasteiger partial charge on any atom is -0.260 e. The first kappa shape index (κ1) is 15.5. The van der Waals surface area contributed by atoms with Gasteiger partial charge in [-0.25, -0.2) is 0 Å². The number of anilines is 1. The molecule has 0 saturated carbocycles. The van der Waals surface area contributed by atoms with Crippen molar-refractivity contribution >= 4 is 35.7 Å². The van der Waals surface area contributed by atoms with Gasteiger partial charge in [0, 0.05) is 22.9 Å². The van der Waals surface area contributed by atoms with E-state index in [-0.39, 0.29) is 0 Å². The lowest BCUT2D eigenvalue weighted by Gasteiger charge is -2.11. The van der Waals surface area contributed by atoms with Gasteiger partial charge in [0.1, 0.15) is 5.69 Å². The van der Waals surface area contributed by atoms with Crippen LogP contribution in [0, 0.1) is 0 Å². The summed E-state index contributed by atoms with van der Waals surface area (Å²) in [5.41, 5.74) is 6.02. The first-order chi connectivity index (χ1) is 11.2. The molecule has 3 aromatic rings. The van der Waals surface area contributed by atoms with Gasteiger partial charge < -0.3 is 0 Å². The number of nitrogens with zero attached hydrogens (tertiary/aromatic N) is 3. The molecule has 114 valence electrons. The molecule has 2 aromatic carbocycles. The molecule has 23 heavy (non-hydrogen) atoms. The van der Waals surface area contributed by atoms with Gasteiger partial charge in [0.2, 0.25) is 0 Å². The molecular weight excluding hydrogens is 331 g/mol. The lowest BCUT2D eigenvalue weighted by Crippen LogP contribution is -1.98. The molecule has 1 heterocycles. The minimum atomic E-state index is 0.501. The zero-order valence-corrected chi connectivity index (χ0v) is 13.5. The van der Waals surface area contributed by atoms with Crippen molar-refractivity contribution in [3.63, 3.8) is 0 Å². The maximum atomic E-state index is 6.31. The van der Waals surface area contributed by atoms with Crippen molar-refractivity contribution in [2.45, 2.75) is 0 Å². The second-order valence-electron chi connectivity index (χ2n) is 4.75. The van der Waals surface area contributed by atoms with E-state index >= 15 is 0 Å². The largest absolute Gasteiger partial charge is 0.260 e. The minimum absolute atomic E-state index is 0.501. The third-order valence-electron chi connectivity index (χ3n) is 3.27. The lowest BCUT2D eigenvalue weighted by molar-refractivity contribution is 1.03. The molecule has 4 nitrogen and oxygen atoms in total. The fourth-order valence-corrected chi connectivity index (χ4v) is 2.58. The molecule has 0 amide bonds. The van der Waals surface area contributed by atoms with Crippen LogP contribution in [-0.2, 0) is 0 Å². The normalized spacial score (nSPS) is 10.3. The summed E-state index contributed by atoms with van der Waals surface area (Å²) in [4.78, 5) is 0. The first-order valence-electron chi connectivity index (χ1n) is 6.79. The highest BCUT2D eigenvalue weighted by Crippen LogP contribution is 2.35. The average Bonchev–Trinajstić information content (AvgIpc) is 2.57. The smallest absolute Gasteiger partial charge is 0.169 e. The Morgan fingerprint density at radius 2 is 1.65 bits per heavy atom. The van der Waals surface area contributed by atoms with Crippen LogP contribution in [-0.4, -0.2) is 16.9 Å². The van der Waals surface area contributed by atoms with Crippen molar-refractivity contribution in [2.75, 3.05) is 5.43 Å². The molecule has 1 N–H and O–H groups in total. The maximum Gasteiger partial charge on any atom is 0.169 e. The van der Waals surface area contributed by atoms with Crippen LogP contribution in [0.25, 0.3) is 22.4 Å². The molecular formula is C17H12Cl2N4. The standard InChI is InChI=1S/C17H12Cl2N4/c1-20-21-16-10-14(11-6-8-12(18)9-7-11)17(23-22-16)13-4-2-3-5-15(13)19/h2-10H,1H2,(H,21,22). The second-order valence-corrected chi connectivity index (χ2v) is 5.59. The van der Waals surface area contributed by atoms with Crippen LogP contribution in [0.4, 0.5) is 5.82 Å². The quantitative estimate of drug-likeness (QED) is 0.527. The van der Waals surface area contributed by atoms with Gasteiger partial charge in [0.25, 0.3) is 0 Å². The number of hydrogen-bond donors (Lipinski definition) is 1. The van der Waals surface area contributed by atoms with Crippen LogP contribution in [0.2, 0.25) is 10.0 Å². The van der Waals surface area contributed by atoms with Crippen LogP contribution in [0.15, 0.2) is 59.7 Å². The Morgan fingerprint density at radius 3 is 2.35 bits per heavy atom. The van der Waals surface area contributed by atoms with E-state index in [1.54, 1.807) is 0 Å². The highest BCUT2D eigenvalue weighted by Gasteiger charge is 2.14. The van der Waals surface area contributed by atoms with Gasteiger partial charge in [-0.3, -0.25) is 5.43 Å². The van der Waals surface area contributed by atoms with Gasteiger partial charge in [-0.2, -0.15) is 5.10 Å². The van der Waals surface area contributed by atoms with Crippen molar-refractivity contribution in [3.05, 3.63) is 64.6 Å². The van der Waals surface area contributed by atoms with E-state index in [1.807, 2.05) is 54.6 Å². The second kappa shape index (κ2) is 6.77. The number of nitrogens with one attached hydrogen (secondary N) is 1. The van der Waals surface area contributed by atoms with Crippen LogP contribution >= 0.6 is 23.2 Å². The molecule has 0 aliphatic heterocycles. The molecule has 3 rings (SSSR count). The molecule has 0 aliphatic rings. The van der Waals surface area contributed by atoms with Gasteiger partial charge in [-0.05, 0) is 29.8 Å². The number of hydrazone groups is 1. The molecule has 0 fully saturated rings. The lowest BCUT2D eigenvalue weighted by atomic mass is 10.00. The summed E-state index contributed by atoms with van der Waals surface area (Å²) in [6.07, 6.45) is 0. The summed E-state index contributed by atoms with van der Waals surface area (Å²) in [6, 6.07) is 16.9. The predicted molar refractivity (Wildman–Crippen MR) is 96.1 cm³/mol. The molecule has 0 aliphatic carbocycles. The number of halogens is 2. The van der Waals surface area contributed by atoms with E-state index in [9.17, 15) is 0 Å². The summed E-state index contributed by atoms with van der Waals surface area (Å²) in [7, 11) is 0.